The van der Waals surface area contributed by atoms with Crippen molar-refractivity contribution in [3.05, 3.63) is 48.0 Å². The maximum Gasteiger partial charge on any atom is 0.260 e. The number of aromatic nitrogens is 2. The number of hydrogen-bond acceptors (Lipinski definition) is 7. The highest BCUT2D eigenvalue weighted by molar-refractivity contribution is 6.07. The lowest BCUT2D eigenvalue weighted by molar-refractivity contribution is 0.102. The van der Waals surface area contributed by atoms with E-state index in [-0.39, 0.29) is 11.7 Å². The zero-order valence-corrected chi connectivity index (χ0v) is 15.2. The Kier molecular flexibility index (Phi) is 5.55. The fourth-order valence-corrected chi connectivity index (χ4v) is 2.55. The van der Waals surface area contributed by atoms with Gasteiger partial charge in [0.1, 0.15) is 5.75 Å². The number of methoxy groups -OCH3 is 2. The Morgan fingerprint density at radius 1 is 1.04 bits per heavy atom. The quantitative estimate of drug-likeness (QED) is 0.682. The molecule has 0 aliphatic rings. The Labute approximate surface area is 156 Å². The summed E-state index contributed by atoms with van der Waals surface area (Å²) >= 11 is 0. The van der Waals surface area contributed by atoms with Gasteiger partial charge in [0.25, 0.3) is 5.91 Å². The van der Waals surface area contributed by atoms with Crippen LogP contribution >= 0.6 is 0 Å². The zero-order valence-electron chi connectivity index (χ0n) is 15.2. The molecule has 0 aliphatic heterocycles. The van der Waals surface area contributed by atoms with Crippen LogP contribution in [0.5, 0.6) is 17.2 Å². The van der Waals surface area contributed by atoms with Crippen LogP contribution in [-0.4, -0.2) is 37.0 Å². The third kappa shape index (κ3) is 3.84. The Bertz CT molecular complexity index is 939. The minimum absolute atomic E-state index is 0.193. The number of para-hydroxylation sites is 1. The molecule has 0 saturated heterocycles. The van der Waals surface area contributed by atoms with Gasteiger partial charge < -0.3 is 19.5 Å². The molecule has 0 unspecified atom stereocenters. The monoisotopic (exact) mass is 369 g/mol. The van der Waals surface area contributed by atoms with Crippen LogP contribution in [0.3, 0.4) is 0 Å². The number of benzene rings is 2. The summed E-state index contributed by atoms with van der Waals surface area (Å²) in [5, 5.41) is 10.4. The smallest absolute Gasteiger partial charge is 0.260 e. The minimum atomic E-state index is -0.378. The van der Waals surface area contributed by atoms with Crippen molar-refractivity contribution in [2.45, 2.75) is 6.92 Å². The number of rotatable bonds is 7. The minimum Gasteiger partial charge on any atom is -0.493 e. The number of nitrogens with one attached hydrogen (secondary N) is 1. The number of carbonyl (C=O) groups is 1. The summed E-state index contributed by atoms with van der Waals surface area (Å²) in [4.78, 5) is 12.7. The maximum atomic E-state index is 12.7. The molecular weight excluding hydrogens is 350 g/mol. The lowest BCUT2D eigenvalue weighted by Crippen LogP contribution is -2.14. The number of amides is 1. The molecule has 2 aromatic carbocycles. The molecule has 1 heterocycles. The van der Waals surface area contributed by atoms with Crippen molar-refractivity contribution in [2.75, 3.05) is 26.1 Å². The fraction of sp³-hybridized carbons (Fsp3) is 0.211. The average molecular weight is 369 g/mol. The highest BCUT2D eigenvalue weighted by Crippen LogP contribution is 2.34. The molecule has 3 aromatic rings. The predicted octanol–water partition coefficient (Wildman–Crippen LogP) is 3.40. The van der Waals surface area contributed by atoms with E-state index in [9.17, 15) is 4.79 Å². The van der Waals surface area contributed by atoms with E-state index < -0.39 is 0 Å². The van der Waals surface area contributed by atoms with Crippen molar-refractivity contribution in [1.29, 1.82) is 0 Å². The lowest BCUT2D eigenvalue weighted by atomic mass is 10.1. The summed E-state index contributed by atoms with van der Waals surface area (Å²) in [5.74, 6) is 1.41. The van der Waals surface area contributed by atoms with Gasteiger partial charge in [-0.3, -0.25) is 4.79 Å². The Morgan fingerprint density at radius 2 is 1.81 bits per heavy atom. The fourth-order valence-electron chi connectivity index (χ4n) is 2.55. The number of hydrogen-bond donors (Lipinski definition) is 1. The van der Waals surface area contributed by atoms with E-state index in [2.05, 4.69) is 15.6 Å². The molecule has 0 fully saturated rings. The van der Waals surface area contributed by atoms with Gasteiger partial charge in [0, 0.05) is 5.56 Å². The lowest BCUT2D eigenvalue weighted by Gasteiger charge is -2.10. The third-order valence-electron chi connectivity index (χ3n) is 3.81. The standard InChI is InChI=1S/C19H19N3O5/c1-4-26-14-8-6-5-7-13(14)19(23)20-18-17(21-27-22-18)12-9-10-15(24-2)16(11-12)25-3/h5-11H,4H2,1-3H3,(H,20,22,23). The number of carbonyl (C=O) groups excluding carboxylic acids is 1. The second-order valence-electron chi connectivity index (χ2n) is 5.41. The molecule has 0 aliphatic carbocycles. The normalized spacial score (nSPS) is 10.3. The van der Waals surface area contributed by atoms with Gasteiger partial charge in [-0.25, -0.2) is 4.63 Å². The van der Waals surface area contributed by atoms with Crippen molar-refractivity contribution >= 4 is 11.7 Å². The van der Waals surface area contributed by atoms with Crippen LogP contribution in [0.25, 0.3) is 11.3 Å². The van der Waals surface area contributed by atoms with E-state index >= 15 is 0 Å². The molecule has 1 aromatic heterocycles. The molecule has 8 nitrogen and oxygen atoms in total. The Hall–Kier alpha value is -3.55. The van der Waals surface area contributed by atoms with E-state index in [1.165, 1.54) is 7.11 Å². The molecule has 0 spiro atoms. The third-order valence-corrected chi connectivity index (χ3v) is 3.81. The van der Waals surface area contributed by atoms with Gasteiger partial charge in [0.05, 0.1) is 26.4 Å². The highest BCUT2D eigenvalue weighted by atomic mass is 16.6. The van der Waals surface area contributed by atoms with Crippen LogP contribution in [0, 0.1) is 0 Å². The Balaban J connectivity index is 1.89. The number of nitrogens with zero attached hydrogens (tertiary/aromatic N) is 2. The van der Waals surface area contributed by atoms with Gasteiger partial charge in [-0.15, -0.1) is 0 Å². The van der Waals surface area contributed by atoms with E-state index in [1.54, 1.807) is 49.6 Å². The van der Waals surface area contributed by atoms with Gasteiger partial charge >= 0.3 is 0 Å². The van der Waals surface area contributed by atoms with Gasteiger partial charge in [0.15, 0.2) is 17.2 Å². The molecule has 8 heteroatoms. The van der Waals surface area contributed by atoms with Crippen LogP contribution in [0.4, 0.5) is 5.82 Å². The number of anilines is 1. The molecule has 1 N–H and O–H groups in total. The van der Waals surface area contributed by atoms with E-state index in [0.717, 1.165) is 0 Å². The van der Waals surface area contributed by atoms with Crippen molar-refractivity contribution in [1.82, 2.24) is 10.3 Å². The first-order valence-electron chi connectivity index (χ1n) is 8.26. The van der Waals surface area contributed by atoms with Gasteiger partial charge in [0.2, 0.25) is 5.82 Å². The molecule has 140 valence electrons. The van der Waals surface area contributed by atoms with E-state index in [4.69, 9.17) is 18.8 Å². The highest BCUT2D eigenvalue weighted by Gasteiger charge is 2.19. The van der Waals surface area contributed by atoms with Gasteiger partial charge in [-0.05, 0) is 47.6 Å². The van der Waals surface area contributed by atoms with Crippen molar-refractivity contribution in [3.63, 3.8) is 0 Å². The summed E-state index contributed by atoms with van der Waals surface area (Å²) in [6.07, 6.45) is 0. The summed E-state index contributed by atoms with van der Waals surface area (Å²) < 4.78 is 20.9. The SMILES string of the molecule is CCOc1ccccc1C(=O)Nc1nonc1-c1ccc(OC)c(OC)c1. The molecule has 27 heavy (non-hydrogen) atoms. The van der Waals surface area contributed by atoms with Crippen molar-refractivity contribution in [2.24, 2.45) is 0 Å². The second-order valence-corrected chi connectivity index (χ2v) is 5.41. The van der Waals surface area contributed by atoms with Crippen LogP contribution < -0.4 is 19.5 Å². The molecule has 0 saturated carbocycles. The van der Waals surface area contributed by atoms with Crippen LogP contribution in [0.1, 0.15) is 17.3 Å². The molecule has 0 radical (unpaired) electrons. The summed E-state index contributed by atoms with van der Waals surface area (Å²) in [6.45, 7) is 2.30. The average Bonchev–Trinajstić information content (AvgIpc) is 3.16. The first kappa shape index (κ1) is 18.2. The van der Waals surface area contributed by atoms with E-state index in [1.807, 2.05) is 6.92 Å². The molecular formula is C19H19N3O5. The molecule has 0 bridgehead atoms. The number of ether oxygens (including phenoxy) is 3. The Morgan fingerprint density at radius 3 is 2.56 bits per heavy atom. The van der Waals surface area contributed by atoms with Crippen LogP contribution in [0.2, 0.25) is 0 Å². The molecule has 1 amide bonds. The largest absolute Gasteiger partial charge is 0.493 e. The zero-order chi connectivity index (χ0) is 19.2. The summed E-state index contributed by atoms with van der Waals surface area (Å²) in [7, 11) is 3.09. The van der Waals surface area contributed by atoms with Gasteiger partial charge in [-0.2, -0.15) is 0 Å². The van der Waals surface area contributed by atoms with Crippen molar-refractivity contribution in [3.8, 4) is 28.5 Å². The second kappa shape index (κ2) is 8.22. The first-order valence-corrected chi connectivity index (χ1v) is 8.26. The predicted molar refractivity (Wildman–Crippen MR) is 98.4 cm³/mol. The van der Waals surface area contributed by atoms with Crippen LogP contribution in [0.15, 0.2) is 47.1 Å². The summed E-state index contributed by atoms with van der Waals surface area (Å²) in [6, 6.07) is 12.2. The molecule has 0 atom stereocenters. The van der Waals surface area contributed by atoms with Crippen molar-refractivity contribution < 1.29 is 23.6 Å². The van der Waals surface area contributed by atoms with Gasteiger partial charge in [-0.1, -0.05) is 12.1 Å². The maximum absolute atomic E-state index is 12.7. The van der Waals surface area contributed by atoms with Crippen LogP contribution in [-0.2, 0) is 0 Å². The first-order chi connectivity index (χ1) is 13.2. The molecule has 3 rings (SSSR count). The van der Waals surface area contributed by atoms with E-state index in [0.29, 0.717) is 40.7 Å². The topological polar surface area (TPSA) is 95.7 Å². The summed E-state index contributed by atoms with van der Waals surface area (Å²) in [5.41, 5.74) is 1.42.